The van der Waals surface area contributed by atoms with Gasteiger partial charge in [0, 0.05) is 12.8 Å². The van der Waals surface area contributed by atoms with E-state index in [0.29, 0.717) is 25.9 Å². The molecule has 6 heteroatoms. The van der Waals surface area contributed by atoms with Crippen molar-refractivity contribution in [3.05, 3.63) is 0 Å². The van der Waals surface area contributed by atoms with Gasteiger partial charge in [0.2, 0.25) is 5.91 Å². The van der Waals surface area contributed by atoms with E-state index in [1.54, 1.807) is 0 Å². The van der Waals surface area contributed by atoms with Crippen LogP contribution in [0.4, 0.5) is 0 Å². The molecule has 0 aliphatic carbocycles. The van der Waals surface area contributed by atoms with Crippen molar-refractivity contribution >= 4 is 11.9 Å². The minimum atomic E-state index is -0.660. The Morgan fingerprint density at radius 3 is 0.910 bits per heavy atom. The molecule has 0 aliphatic heterocycles. The summed E-state index contributed by atoms with van der Waals surface area (Å²) < 4.78 is 5.50. The number of amides is 1. The van der Waals surface area contributed by atoms with E-state index in [9.17, 15) is 19.8 Å². The fraction of sp³-hybridized carbons (Fsp3) is 0.967. The number of rotatable bonds is 58. The molecule has 2 atom stereocenters. The monoisotopic (exact) mass is 948 g/mol. The summed E-state index contributed by atoms with van der Waals surface area (Å²) in [6.45, 7) is 4.96. The van der Waals surface area contributed by atoms with E-state index in [0.717, 1.165) is 38.5 Å². The molecule has 1 amide bonds. The fourth-order valence-electron chi connectivity index (χ4n) is 9.94. The Balaban J connectivity index is 3.30. The molecule has 6 nitrogen and oxygen atoms in total. The first-order valence-electron chi connectivity index (χ1n) is 30.8. The molecule has 0 spiro atoms. The molecule has 0 bridgehead atoms. The van der Waals surface area contributed by atoms with Crippen molar-refractivity contribution in [3.8, 4) is 0 Å². The number of hydrogen-bond donors (Lipinski definition) is 3. The van der Waals surface area contributed by atoms with E-state index in [-0.39, 0.29) is 18.5 Å². The lowest BCUT2D eigenvalue weighted by atomic mass is 10.0. The van der Waals surface area contributed by atoms with Crippen LogP contribution in [0.3, 0.4) is 0 Å². The van der Waals surface area contributed by atoms with E-state index >= 15 is 0 Å². The molecule has 0 aromatic heterocycles. The van der Waals surface area contributed by atoms with E-state index in [1.165, 1.54) is 283 Å². The normalized spacial score (nSPS) is 12.5. The number of ether oxygens (including phenoxy) is 1. The Morgan fingerprint density at radius 1 is 0.358 bits per heavy atom. The molecular formula is C61H121NO5. The summed E-state index contributed by atoms with van der Waals surface area (Å²) in [5.41, 5.74) is 0. The first-order chi connectivity index (χ1) is 33.0. The molecule has 0 rings (SSSR count). The van der Waals surface area contributed by atoms with Crippen molar-refractivity contribution < 1.29 is 24.5 Å². The lowest BCUT2D eigenvalue weighted by Gasteiger charge is -2.22. The molecule has 0 heterocycles. The predicted octanol–water partition coefficient (Wildman–Crippen LogP) is 19.1. The number of aliphatic hydroxyl groups is 2. The molecule has 0 saturated heterocycles. The third-order valence-corrected chi connectivity index (χ3v) is 14.7. The summed E-state index contributed by atoms with van der Waals surface area (Å²) >= 11 is 0. The highest BCUT2D eigenvalue weighted by Crippen LogP contribution is 2.18. The zero-order valence-electron chi connectivity index (χ0n) is 45.7. The van der Waals surface area contributed by atoms with Crippen molar-refractivity contribution in [3.63, 3.8) is 0 Å². The second-order valence-corrected chi connectivity index (χ2v) is 21.4. The van der Waals surface area contributed by atoms with E-state index in [1.807, 2.05) is 0 Å². The molecule has 0 radical (unpaired) electrons. The summed E-state index contributed by atoms with van der Waals surface area (Å²) in [5, 5.41) is 23.1. The number of esters is 1. The Hall–Kier alpha value is -1.14. The van der Waals surface area contributed by atoms with Gasteiger partial charge in [-0.05, 0) is 25.7 Å². The summed E-state index contributed by atoms with van der Waals surface area (Å²) in [5.74, 6) is -0.0154. The highest BCUT2D eigenvalue weighted by atomic mass is 16.5. The third-order valence-electron chi connectivity index (χ3n) is 14.7. The number of aliphatic hydroxyl groups excluding tert-OH is 2. The van der Waals surface area contributed by atoms with Gasteiger partial charge in [0.1, 0.15) is 0 Å². The van der Waals surface area contributed by atoms with Gasteiger partial charge in [-0.25, -0.2) is 0 Å². The zero-order chi connectivity index (χ0) is 48.6. The Kier molecular flexibility index (Phi) is 56.5. The fourth-order valence-corrected chi connectivity index (χ4v) is 9.94. The minimum absolute atomic E-state index is 0.0195. The molecule has 0 aromatic rings. The van der Waals surface area contributed by atoms with Crippen LogP contribution in [-0.4, -0.2) is 47.4 Å². The standard InChI is InChI=1S/C61H121NO5/c1-3-5-7-9-11-13-14-15-16-17-26-29-32-35-39-43-47-51-55-61(66)67-56-52-48-44-40-36-33-30-27-24-22-20-18-19-21-23-25-28-31-34-38-42-46-50-54-60(65)62-58(57-63)59(64)53-49-45-41-37-12-10-8-6-4-2/h58-59,63-64H,3-57H2,1-2H3,(H,62,65). The van der Waals surface area contributed by atoms with Gasteiger partial charge in [-0.3, -0.25) is 9.59 Å². The second-order valence-electron chi connectivity index (χ2n) is 21.4. The number of carbonyl (C=O) groups is 2. The van der Waals surface area contributed by atoms with Gasteiger partial charge >= 0.3 is 5.97 Å². The minimum Gasteiger partial charge on any atom is -0.466 e. The Morgan fingerprint density at radius 2 is 0.612 bits per heavy atom. The molecule has 0 aliphatic rings. The maximum Gasteiger partial charge on any atom is 0.305 e. The van der Waals surface area contributed by atoms with E-state index < -0.39 is 12.1 Å². The topological polar surface area (TPSA) is 95.9 Å². The van der Waals surface area contributed by atoms with Crippen LogP contribution in [0, 0.1) is 0 Å². The van der Waals surface area contributed by atoms with Crippen LogP contribution in [0.5, 0.6) is 0 Å². The van der Waals surface area contributed by atoms with Crippen molar-refractivity contribution in [2.24, 2.45) is 0 Å². The van der Waals surface area contributed by atoms with Crippen molar-refractivity contribution in [1.82, 2.24) is 5.32 Å². The smallest absolute Gasteiger partial charge is 0.305 e. The summed E-state index contributed by atoms with van der Waals surface area (Å²) in [6, 6.07) is -0.537. The van der Waals surface area contributed by atoms with Gasteiger partial charge in [-0.1, -0.05) is 316 Å². The van der Waals surface area contributed by atoms with Gasteiger partial charge in [0.25, 0.3) is 0 Å². The van der Waals surface area contributed by atoms with Crippen LogP contribution in [0.2, 0.25) is 0 Å². The van der Waals surface area contributed by atoms with E-state index in [4.69, 9.17) is 4.74 Å². The lowest BCUT2D eigenvalue weighted by molar-refractivity contribution is -0.143. The predicted molar refractivity (Wildman–Crippen MR) is 292 cm³/mol. The van der Waals surface area contributed by atoms with Gasteiger partial charge in [0.15, 0.2) is 0 Å². The molecule has 67 heavy (non-hydrogen) atoms. The van der Waals surface area contributed by atoms with Crippen LogP contribution >= 0.6 is 0 Å². The molecular weight excluding hydrogens is 827 g/mol. The molecule has 3 N–H and O–H groups in total. The quantitative estimate of drug-likeness (QED) is 0.0417. The molecule has 0 fully saturated rings. The SMILES string of the molecule is CCCCCCCCCCCCCCCCCCCCC(=O)OCCCCCCCCCCCCCCCCCCCCCCCCCC(=O)NC(CO)C(O)CCCCCCCCCCC. The van der Waals surface area contributed by atoms with Crippen LogP contribution in [-0.2, 0) is 14.3 Å². The van der Waals surface area contributed by atoms with Gasteiger partial charge in [-0.15, -0.1) is 0 Å². The summed E-state index contributed by atoms with van der Waals surface area (Å²) in [7, 11) is 0. The third kappa shape index (κ3) is 54.0. The van der Waals surface area contributed by atoms with Crippen molar-refractivity contribution in [2.75, 3.05) is 13.2 Å². The molecule has 0 saturated carbocycles. The number of nitrogens with one attached hydrogen (secondary N) is 1. The van der Waals surface area contributed by atoms with Crippen molar-refractivity contribution in [1.29, 1.82) is 0 Å². The van der Waals surface area contributed by atoms with Gasteiger partial charge in [0.05, 0.1) is 25.4 Å². The highest BCUT2D eigenvalue weighted by molar-refractivity contribution is 5.76. The maximum absolute atomic E-state index is 12.4. The largest absolute Gasteiger partial charge is 0.466 e. The first-order valence-corrected chi connectivity index (χ1v) is 30.8. The molecule has 400 valence electrons. The number of carbonyl (C=O) groups excluding carboxylic acids is 2. The average molecular weight is 949 g/mol. The van der Waals surface area contributed by atoms with Gasteiger partial charge in [-0.2, -0.15) is 0 Å². The number of unbranched alkanes of at least 4 members (excludes halogenated alkanes) is 47. The lowest BCUT2D eigenvalue weighted by Crippen LogP contribution is -2.45. The van der Waals surface area contributed by atoms with Crippen LogP contribution in [0.1, 0.15) is 354 Å². The summed E-state index contributed by atoms with van der Waals surface area (Å²) in [6.07, 6.45) is 67.0. The second kappa shape index (κ2) is 57.4. The highest BCUT2D eigenvalue weighted by Gasteiger charge is 2.20. The molecule has 2 unspecified atom stereocenters. The van der Waals surface area contributed by atoms with Crippen LogP contribution < -0.4 is 5.32 Å². The number of hydrogen-bond acceptors (Lipinski definition) is 5. The first kappa shape index (κ1) is 65.9. The Labute approximate surface area is 419 Å². The van der Waals surface area contributed by atoms with Crippen LogP contribution in [0.15, 0.2) is 0 Å². The maximum atomic E-state index is 12.4. The van der Waals surface area contributed by atoms with Gasteiger partial charge < -0.3 is 20.3 Å². The Bertz CT molecular complexity index is 959. The van der Waals surface area contributed by atoms with E-state index in [2.05, 4.69) is 19.2 Å². The summed E-state index contributed by atoms with van der Waals surface area (Å²) in [4.78, 5) is 24.5. The van der Waals surface area contributed by atoms with Crippen LogP contribution in [0.25, 0.3) is 0 Å². The zero-order valence-corrected chi connectivity index (χ0v) is 45.7. The average Bonchev–Trinajstić information content (AvgIpc) is 3.33. The molecule has 0 aromatic carbocycles. The van der Waals surface area contributed by atoms with Crippen molar-refractivity contribution in [2.45, 2.75) is 366 Å².